The molecule has 0 spiro atoms. The van der Waals surface area contributed by atoms with Crippen LogP contribution < -0.4 is 14.4 Å². The number of aromatic nitrogens is 2. The number of halogens is 2. The molecule has 2 aromatic heterocycles. The fourth-order valence-electron chi connectivity index (χ4n) is 3.84. The molecule has 2 aromatic carbocycles. The first-order valence-corrected chi connectivity index (χ1v) is 11.7. The molecule has 0 radical (unpaired) electrons. The molecule has 1 fully saturated rings. The van der Waals surface area contributed by atoms with E-state index in [0.29, 0.717) is 38.6 Å². The summed E-state index contributed by atoms with van der Waals surface area (Å²) in [5.41, 5.74) is 2.07. The average molecular weight is 533 g/mol. The molecule has 5 rings (SSSR count). The molecule has 0 N–H and O–H groups in total. The van der Waals surface area contributed by atoms with Gasteiger partial charge < -0.3 is 19.3 Å². The van der Waals surface area contributed by atoms with Crippen molar-refractivity contribution in [3.63, 3.8) is 0 Å². The topological polar surface area (TPSA) is 67.8 Å². The first-order valence-electron chi connectivity index (χ1n) is 10.8. The van der Waals surface area contributed by atoms with Crippen LogP contribution in [0.3, 0.4) is 0 Å². The van der Waals surface area contributed by atoms with Gasteiger partial charge in [-0.05, 0) is 35.9 Å². The molecule has 1 aliphatic heterocycles. The summed E-state index contributed by atoms with van der Waals surface area (Å²) in [7, 11) is 0. The second-order valence-electron chi connectivity index (χ2n) is 7.85. The van der Waals surface area contributed by atoms with E-state index in [1.807, 2.05) is 48.5 Å². The van der Waals surface area contributed by atoms with Crippen molar-refractivity contribution in [2.75, 3.05) is 31.1 Å². The highest BCUT2D eigenvalue weighted by atomic mass is 35.5. The summed E-state index contributed by atoms with van der Waals surface area (Å²) in [6.07, 6.45) is 4.31. The first kappa shape index (κ1) is 26.5. The number of piperazine rings is 1. The fourth-order valence-corrected chi connectivity index (χ4v) is 4.93. The van der Waals surface area contributed by atoms with Gasteiger partial charge in [0.05, 0.1) is 22.5 Å². The van der Waals surface area contributed by atoms with Crippen LogP contribution in [0.4, 0.5) is 5.13 Å². The number of ether oxygens (including phenoxy) is 2. The van der Waals surface area contributed by atoms with Crippen LogP contribution in [-0.2, 0) is 11.4 Å². The second kappa shape index (κ2) is 12.6. The van der Waals surface area contributed by atoms with Gasteiger partial charge in [0.2, 0.25) is 6.41 Å². The standard InChI is InChI=1S/C25H24N4O3S.2ClH/c30-18-28-11-12-29(20(15-28)17-32-22-7-4-10-26-14-22)25-27-23-9-8-21(13-24(23)33-25)31-16-19-5-2-1-3-6-19;;/h1-10,13-14,18,20H,11-12,15-17H2;2*1H. The zero-order valence-corrected chi connectivity index (χ0v) is 21.3. The summed E-state index contributed by atoms with van der Waals surface area (Å²) in [4.78, 5) is 24.4. The number of pyridine rings is 1. The van der Waals surface area contributed by atoms with Crippen molar-refractivity contribution >= 4 is 57.9 Å². The lowest BCUT2D eigenvalue weighted by Gasteiger charge is -2.39. The number of fused-ring (bicyclic) bond motifs is 1. The van der Waals surface area contributed by atoms with E-state index < -0.39 is 0 Å². The summed E-state index contributed by atoms with van der Waals surface area (Å²) in [6, 6.07) is 19.8. The lowest BCUT2D eigenvalue weighted by Crippen LogP contribution is -2.55. The maximum absolute atomic E-state index is 11.4. The van der Waals surface area contributed by atoms with Crippen LogP contribution >= 0.6 is 36.2 Å². The Kier molecular flexibility index (Phi) is 9.54. The van der Waals surface area contributed by atoms with Gasteiger partial charge in [0.1, 0.15) is 24.7 Å². The lowest BCUT2D eigenvalue weighted by molar-refractivity contribution is -0.119. The van der Waals surface area contributed by atoms with Crippen molar-refractivity contribution in [2.24, 2.45) is 0 Å². The Morgan fingerprint density at radius 1 is 1.00 bits per heavy atom. The maximum Gasteiger partial charge on any atom is 0.209 e. The number of hydrogen-bond donors (Lipinski definition) is 0. The number of hydrogen-bond acceptors (Lipinski definition) is 7. The van der Waals surface area contributed by atoms with Crippen LogP contribution in [0.2, 0.25) is 0 Å². The fraction of sp³-hybridized carbons (Fsp3) is 0.240. The molecule has 1 unspecified atom stereocenters. The summed E-state index contributed by atoms with van der Waals surface area (Å²) in [6.45, 7) is 2.92. The molecule has 1 aliphatic rings. The van der Waals surface area contributed by atoms with E-state index in [1.54, 1.807) is 28.6 Å². The molecule has 3 heterocycles. The minimum atomic E-state index is -0.00137. The SMILES string of the molecule is Cl.Cl.O=CN1CCN(c2nc3ccc(OCc4ccccc4)cc3s2)C(COc2cccnc2)C1. The van der Waals surface area contributed by atoms with Crippen molar-refractivity contribution in [3.8, 4) is 11.5 Å². The van der Waals surface area contributed by atoms with E-state index in [1.165, 1.54) is 0 Å². The van der Waals surface area contributed by atoms with E-state index in [2.05, 4.69) is 22.0 Å². The number of thiazole rings is 1. The van der Waals surface area contributed by atoms with Crippen LogP contribution in [0.15, 0.2) is 73.1 Å². The smallest absolute Gasteiger partial charge is 0.209 e. The van der Waals surface area contributed by atoms with Crippen molar-refractivity contribution in [3.05, 3.63) is 78.6 Å². The van der Waals surface area contributed by atoms with Gasteiger partial charge in [0.25, 0.3) is 0 Å². The molecule has 1 amide bonds. The third-order valence-corrected chi connectivity index (χ3v) is 6.64. The van der Waals surface area contributed by atoms with Gasteiger partial charge in [-0.15, -0.1) is 24.8 Å². The molecule has 1 saturated heterocycles. The summed E-state index contributed by atoms with van der Waals surface area (Å²) in [5.74, 6) is 1.54. The van der Waals surface area contributed by atoms with Gasteiger partial charge in [0, 0.05) is 25.8 Å². The van der Waals surface area contributed by atoms with Crippen LogP contribution in [0.25, 0.3) is 10.2 Å². The number of carbonyl (C=O) groups is 1. The highest BCUT2D eigenvalue weighted by Crippen LogP contribution is 2.33. The first-order chi connectivity index (χ1) is 16.3. The third kappa shape index (κ3) is 6.54. The van der Waals surface area contributed by atoms with Gasteiger partial charge in [-0.2, -0.15) is 0 Å². The van der Waals surface area contributed by atoms with Gasteiger partial charge in [0.15, 0.2) is 5.13 Å². The molecule has 35 heavy (non-hydrogen) atoms. The summed E-state index contributed by atoms with van der Waals surface area (Å²) >= 11 is 1.63. The molecule has 1 atom stereocenters. The van der Waals surface area contributed by atoms with Crippen LogP contribution in [0, 0.1) is 0 Å². The van der Waals surface area contributed by atoms with Crippen molar-refractivity contribution in [1.29, 1.82) is 0 Å². The average Bonchev–Trinajstić information content (AvgIpc) is 3.30. The highest BCUT2D eigenvalue weighted by Gasteiger charge is 2.29. The van der Waals surface area contributed by atoms with E-state index in [-0.39, 0.29) is 30.9 Å². The molecular weight excluding hydrogens is 507 g/mol. The van der Waals surface area contributed by atoms with E-state index >= 15 is 0 Å². The predicted molar refractivity (Wildman–Crippen MR) is 143 cm³/mol. The summed E-state index contributed by atoms with van der Waals surface area (Å²) in [5, 5.41) is 0.926. The molecule has 7 nitrogen and oxygen atoms in total. The highest BCUT2D eigenvalue weighted by molar-refractivity contribution is 7.22. The number of nitrogens with zero attached hydrogens (tertiary/aromatic N) is 4. The molecule has 4 aromatic rings. The van der Waals surface area contributed by atoms with E-state index in [4.69, 9.17) is 14.5 Å². The molecular formula is C25H26Cl2N4O3S. The van der Waals surface area contributed by atoms with Crippen molar-refractivity contribution in [1.82, 2.24) is 14.9 Å². The third-order valence-electron chi connectivity index (χ3n) is 5.58. The van der Waals surface area contributed by atoms with Gasteiger partial charge in [-0.3, -0.25) is 9.78 Å². The number of benzene rings is 2. The van der Waals surface area contributed by atoms with Crippen LogP contribution in [0.5, 0.6) is 11.5 Å². The Bertz CT molecular complexity index is 1210. The molecule has 0 saturated carbocycles. The Morgan fingerprint density at radius 2 is 1.86 bits per heavy atom. The quantitative estimate of drug-likeness (QED) is 0.302. The second-order valence-corrected chi connectivity index (χ2v) is 8.86. The van der Waals surface area contributed by atoms with E-state index in [0.717, 1.165) is 33.1 Å². The Balaban J connectivity index is 0.00000171. The van der Waals surface area contributed by atoms with Crippen LogP contribution in [-0.4, -0.2) is 53.6 Å². The number of amides is 1. The normalized spacial score (nSPS) is 15.1. The van der Waals surface area contributed by atoms with Gasteiger partial charge >= 0.3 is 0 Å². The summed E-state index contributed by atoms with van der Waals surface area (Å²) < 4.78 is 13.0. The zero-order chi connectivity index (χ0) is 22.5. The van der Waals surface area contributed by atoms with Gasteiger partial charge in [-0.25, -0.2) is 4.98 Å². The largest absolute Gasteiger partial charge is 0.490 e. The van der Waals surface area contributed by atoms with Crippen LogP contribution in [0.1, 0.15) is 5.56 Å². The Morgan fingerprint density at radius 3 is 2.63 bits per heavy atom. The predicted octanol–water partition coefficient (Wildman–Crippen LogP) is 4.84. The minimum Gasteiger partial charge on any atom is -0.490 e. The number of carbonyl (C=O) groups excluding carboxylic acids is 1. The van der Waals surface area contributed by atoms with E-state index in [9.17, 15) is 4.79 Å². The lowest BCUT2D eigenvalue weighted by atomic mass is 10.2. The number of rotatable bonds is 8. The van der Waals surface area contributed by atoms with Crippen molar-refractivity contribution in [2.45, 2.75) is 12.6 Å². The molecule has 0 bridgehead atoms. The molecule has 0 aliphatic carbocycles. The Labute approximate surface area is 220 Å². The monoisotopic (exact) mass is 532 g/mol. The van der Waals surface area contributed by atoms with Gasteiger partial charge in [-0.1, -0.05) is 41.7 Å². The maximum atomic E-state index is 11.4. The number of anilines is 1. The minimum absolute atomic E-state index is 0. The Hall–Kier alpha value is -3.07. The molecule has 184 valence electrons. The molecule has 10 heteroatoms. The zero-order valence-electron chi connectivity index (χ0n) is 18.9. The van der Waals surface area contributed by atoms with Crippen molar-refractivity contribution < 1.29 is 14.3 Å².